The van der Waals surface area contributed by atoms with Gasteiger partial charge in [-0.05, 0) is 12.8 Å². The summed E-state index contributed by atoms with van der Waals surface area (Å²) >= 11 is 0. The van der Waals surface area contributed by atoms with Crippen LogP contribution in [0.3, 0.4) is 0 Å². The van der Waals surface area contributed by atoms with Gasteiger partial charge in [-0.15, -0.1) is 0 Å². The Labute approximate surface area is 299 Å². The third-order valence-electron chi connectivity index (χ3n) is 10.3. The minimum atomic E-state index is -1.25. The molecule has 6 heteroatoms. The van der Waals surface area contributed by atoms with Gasteiger partial charge in [-0.2, -0.15) is 0 Å². The average Bonchev–Trinajstić information content (AvgIpc) is 3.09. The number of aliphatic hydroxyl groups excluding tert-OH is 4. The number of amides is 1. The molecule has 0 heterocycles. The number of aliphatic hydroxyl groups is 4. The van der Waals surface area contributed by atoms with Gasteiger partial charge < -0.3 is 25.7 Å². The van der Waals surface area contributed by atoms with Gasteiger partial charge in [0.1, 0.15) is 12.2 Å². The van der Waals surface area contributed by atoms with E-state index < -0.39 is 36.9 Å². The summed E-state index contributed by atoms with van der Waals surface area (Å²) in [6.07, 6.45) is 38.4. The van der Waals surface area contributed by atoms with Crippen LogP contribution in [-0.4, -0.2) is 57.3 Å². The zero-order valence-electron chi connectivity index (χ0n) is 32.3. The smallest absolute Gasteiger partial charge is 0.249 e. The second-order valence-electron chi connectivity index (χ2n) is 15.1. The number of carbonyl (C=O) groups excluding carboxylic acids is 1. The van der Waals surface area contributed by atoms with E-state index in [9.17, 15) is 25.2 Å². The molecule has 4 atom stereocenters. The fourth-order valence-corrected chi connectivity index (χ4v) is 6.88. The molecule has 0 aromatic carbocycles. The number of nitrogens with one attached hydrogen (secondary N) is 1. The van der Waals surface area contributed by atoms with Crippen molar-refractivity contribution >= 4 is 5.91 Å². The monoisotopic (exact) mass is 684 g/mol. The molecule has 5 N–H and O–H groups in total. The number of carbonyl (C=O) groups is 1. The molecule has 0 aromatic heterocycles. The Bertz CT molecular complexity index is 648. The predicted octanol–water partition coefficient (Wildman–Crippen LogP) is 10.8. The number of unbranched alkanes of at least 4 members (excludes halogenated alkanes) is 30. The van der Waals surface area contributed by atoms with Gasteiger partial charge in [-0.3, -0.25) is 4.79 Å². The maximum Gasteiger partial charge on any atom is 0.249 e. The molecule has 0 bridgehead atoms. The van der Waals surface area contributed by atoms with Crippen LogP contribution in [0, 0.1) is 0 Å². The molecule has 0 spiro atoms. The lowest BCUT2D eigenvalue weighted by atomic mass is 9.99. The van der Waals surface area contributed by atoms with E-state index in [4.69, 9.17) is 0 Å². The first-order valence-electron chi connectivity index (χ1n) is 21.4. The van der Waals surface area contributed by atoms with Crippen LogP contribution >= 0.6 is 0 Å². The quantitative estimate of drug-likeness (QED) is 0.0414. The standard InChI is InChI=1S/C42H85NO5/c1-3-5-7-9-11-13-15-17-19-21-23-25-27-29-31-33-35-39(45)41(47)38(37-44)43-42(48)40(46)36-34-32-30-28-26-24-22-20-18-16-14-12-10-8-6-4-2/h38-41,44-47H,3-37H2,1-2H3,(H,43,48)/t38-,39+,40+,41-/m0/s1. The summed E-state index contributed by atoms with van der Waals surface area (Å²) in [7, 11) is 0. The highest BCUT2D eigenvalue weighted by Gasteiger charge is 2.28. The lowest BCUT2D eigenvalue weighted by Gasteiger charge is -2.27. The van der Waals surface area contributed by atoms with Crippen molar-refractivity contribution in [3.8, 4) is 0 Å². The Kier molecular flexibility index (Phi) is 37.0. The van der Waals surface area contributed by atoms with Crippen LogP contribution < -0.4 is 5.32 Å². The fraction of sp³-hybridized carbons (Fsp3) is 0.976. The summed E-state index contributed by atoms with van der Waals surface area (Å²) in [5.74, 6) is -0.580. The second-order valence-corrected chi connectivity index (χ2v) is 15.1. The molecule has 0 saturated carbocycles. The maximum absolute atomic E-state index is 12.5. The topological polar surface area (TPSA) is 110 Å². The van der Waals surface area contributed by atoms with Crippen molar-refractivity contribution in [3.63, 3.8) is 0 Å². The predicted molar refractivity (Wildman–Crippen MR) is 205 cm³/mol. The highest BCUT2D eigenvalue weighted by Crippen LogP contribution is 2.17. The third kappa shape index (κ3) is 31.3. The molecule has 1 amide bonds. The van der Waals surface area contributed by atoms with Crippen LogP contribution in [0.25, 0.3) is 0 Å². The lowest BCUT2D eigenvalue weighted by molar-refractivity contribution is -0.132. The van der Waals surface area contributed by atoms with Crippen LogP contribution in [0.15, 0.2) is 0 Å². The number of hydrogen-bond donors (Lipinski definition) is 5. The highest BCUT2D eigenvalue weighted by atomic mass is 16.3. The van der Waals surface area contributed by atoms with E-state index in [-0.39, 0.29) is 0 Å². The molecule has 0 unspecified atom stereocenters. The molecule has 0 rings (SSSR count). The molecule has 48 heavy (non-hydrogen) atoms. The first-order chi connectivity index (χ1) is 23.5. The van der Waals surface area contributed by atoms with E-state index >= 15 is 0 Å². The summed E-state index contributed by atoms with van der Waals surface area (Å²) in [4.78, 5) is 12.5. The Morgan fingerprint density at radius 3 is 1.00 bits per heavy atom. The van der Waals surface area contributed by atoms with Crippen LogP contribution in [0.5, 0.6) is 0 Å². The molecular weight excluding hydrogens is 598 g/mol. The molecule has 0 aliphatic rings. The number of hydrogen-bond acceptors (Lipinski definition) is 5. The van der Waals surface area contributed by atoms with Crippen molar-refractivity contribution in [2.75, 3.05) is 6.61 Å². The molecular formula is C42H85NO5. The van der Waals surface area contributed by atoms with Crippen LogP contribution in [0.1, 0.15) is 232 Å². The summed E-state index contributed by atoms with van der Waals surface area (Å²) < 4.78 is 0. The van der Waals surface area contributed by atoms with E-state index in [1.54, 1.807) is 0 Å². The van der Waals surface area contributed by atoms with E-state index in [1.807, 2.05) is 0 Å². The van der Waals surface area contributed by atoms with Gasteiger partial charge >= 0.3 is 0 Å². The third-order valence-corrected chi connectivity index (χ3v) is 10.3. The summed E-state index contributed by atoms with van der Waals surface area (Å²) in [6.45, 7) is 4.06. The van der Waals surface area contributed by atoms with Crippen molar-refractivity contribution in [3.05, 3.63) is 0 Å². The largest absolute Gasteiger partial charge is 0.394 e. The Balaban J connectivity index is 3.72. The Morgan fingerprint density at radius 1 is 0.438 bits per heavy atom. The van der Waals surface area contributed by atoms with E-state index in [0.717, 1.165) is 38.5 Å². The van der Waals surface area contributed by atoms with Crippen LogP contribution in [-0.2, 0) is 4.79 Å². The Morgan fingerprint density at radius 2 is 0.708 bits per heavy atom. The Hall–Kier alpha value is -0.690. The van der Waals surface area contributed by atoms with Gasteiger partial charge in [0, 0.05) is 0 Å². The molecule has 288 valence electrons. The molecule has 0 aliphatic carbocycles. The van der Waals surface area contributed by atoms with E-state index in [2.05, 4.69) is 19.2 Å². The zero-order chi connectivity index (χ0) is 35.3. The van der Waals surface area contributed by atoms with Gasteiger partial charge in [0.25, 0.3) is 0 Å². The molecule has 6 nitrogen and oxygen atoms in total. The van der Waals surface area contributed by atoms with Crippen molar-refractivity contribution in [1.82, 2.24) is 5.32 Å². The fourth-order valence-electron chi connectivity index (χ4n) is 6.88. The van der Waals surface area contributed by atoms with Crippen LogP contribution in [0.2, 0.25) is 0 Å². The minimum Gasteiger partial charge on any atom is -0.394 e. The lowest BCUT2D eigenvalue weighted by Crippen LogP contribution is -2.53. The first-order valence-corrected chi connectivity index (χ1v) is 21.4. The summed E-state index contributed by atoms with van der Waals surface area (Å²) in [5, 5.41) is 43.6. The molecule has 0 aromatic rings. The van der Waals surface area contributed by atoms with Crippen LogP contribution in [0.4, 0.5) is 0 Å². The maximum atomic E-state index is 12.5. The summed E-state index contributed by atoms with van der Waals surface area (Å²) in [6, 6.07) is -0.978. The van der Waals surface area contributed by atoms with Gasteiger partial charge in [-0.25, -0.2) is 0 Å². The normalized spacial score (nSPS) is 14.2. The second kappa shape index (κ2) is 37.6. The molecule has 0 saturated heterocycles. The highest BCUT2D eigenvalue weighted by molar-refractivity contribution is 5.80. The molecule has 0 aliphatic heterocycles. The summed E-state index contributed by atoms with van der Waals surface area (Å²) in [5.41, 5.74) is 0. The van der Waals surface area contributed by atoms with E-state index in [1.165, 1.54) is 167 Å². The van der Waals surface area contributed by atoms with E-state index in [0.29, 0.717) is 12.8 Å². The minimum absolute atomic E-state index is 0.375. The molecule has 0 radical (unpaired) electrons. The van der Waals surface area contributed by atoms with Crippen molar-refractivity contribution < 1.29 is 25.2 Å². The van der Waals surface area contributed by atoms with Crippen molar-refractivity contribution in [2.45, 2.75) is 257 Å². The van der Waals surface area contributed by atoms with Gasteiger partial charge in [0.15, 0.2) is 0 Å². The zero-order valence-corrected chi connectivity index (χ0v) is 32.3. The SMILES string of the molecule is CCCCCCCCCCCCCCCCCC[C@@H](O)C(=O)N[C@@H](CO)[C@H](O)[C@H](O)CCCCCCCCCCCCCCCCCC. The van der Waals surface area contributed by atoms with Gasteiger partial charge in [0.05, 0.1) is 18.8 Å². The van der Waals surface area contributed by atoms with Crippen molar-refractivity contribution in [2.24, 2.45) is 0 Å². The van der Waals surface area contributed by atoms with Crippen molar-refractivity contribution in [1.29, 1.82) is 0 Å². The van der Waals surface area contributed by atoms with Gasteiger partial charge in [0.2, 0.25) is 5.91 Å². The van der Waals surface area contributed by atoms with Gasteiger partial charge in [-0.1, -0.05) is 219 Å². The first kappa shape index (κ1) is 47.3. The number of rotatable bonds is 39. The average molecular weight is 684 g/mol. The molecule has 0 fully saturated rings.